The fourth-order valence-corrected chi connectivity index (χ4v) is 6.03. The number of alkyl halides is 6. The van der Waals surface area contributed by atoms with E-state index in [2.05, 4.69) is 21.8 Å². The highest BCUT2D eigenvalue weighted by Gasteiger charge is 2.43. The summed E-state index contributed by atoms with van der Waals surface area (Å²) in [6, 6.07) is 2.68. The number of aromatic nitrogens is 2. The van der Waals surface area contributed by atoms with E-state index in [0.29, 0.717) is 62.5 Å². The summed E-state index contributed by atoms with van der Waals surface area (Å²) in [5.41, 5.74) is 0.895. The van der Waals surface area contributed by atoms with Crippen LogP contribution in [0.4, 0.5) is 26.3 Å². The Morgan fingerprint density at radius 3 is 2.05 bits per heavy atom. The minimum atomic E-state index is -4.56. The number of hydrogen-bond acceptors (Lipinski definition) is 5. The van der Waals surface area contributed by atoms with Gasteiger partial charge in [0, 0.05) is 50.3 Å². The average molecular weight is 572 g/mol. The molecule has 0 bridgehead atoms. The van der Waals surface area contributed by atoms with Crippen molar-refractivity contribution < 1.29 is 31.1 Å². The molecule has 1 amide bonds. The van der Waals surface area contributed by atoms with E-state index in [9.17, 15) is 31.1 Å². The molecule has 2 aliphatic rings. The molecule has 0 saturated carbocycles. The van der Waals surface area contributed by atoms with E-state index < -0.39 is 30.4 Å². The van der Waals surface area contributed by atoms with E-state index in [-0.39, 0.29) is 23.1 Å². The summed E-state index contributed by atoms with van der Waals surface area (Å²) in [6.45, 7) is 10.0. The lowest BCUT2D eigenvalue weighted by molar-refractivity contribution is -0.154. The van der Waals surface area contributed by atoms with Crippen LogP contribution in [0.25, 0.3) is 0 Å². The van der Waals surface area contributed by atoms with Crippen molar-refractivity contribution in [3.63, 3.8) is 0 Å². The first-order chi connectivity index (χ1) is 18.6. The van der Waals surface area contributed by atoms with Crippen LogP contribution in [-0.2, 0) is 6.18 Å². The number of likely N-dealkylation sites (tertiary alicyclic amines) is 1. The molecule has 12 heteroatoms. The van der Waals surface area contributed by atoms with Crippen molar-refractivity contribution in [2.75, 3.05) is 32.7 Å². The summed E-state index contributed by atoms with van der Waals surface area (Å²) in [4.78, 5) is 27.4. The fraction of sp³-hybridized carbons (Fsp3) is 0.607. The van der Waals surface area contributed by atoms with Gasteiger partial charge >= 0.3 is 12.4 Å². The number of rotatable bonds is 5. The summed E-state index contributed by atoms with van der Waals surface area (Å²) < 4.78 is 79.9. The maximum Gasteiger partial charge on any atom is 0.416 e. The smallest absolute Gasteiger partial charge is 0.338 e. The lowest BCUT2D eigenvalue weighted by Crippen LogP contribution is -2.62. The van der Waals surface area contributed by atoms with Crippen LogP contribution < -0.4 is 0 Å². The Morgan fingerprint density at radius 1 is 0.975 bits per heavy atom. The third-order valence-corrected chi connectivity index (χ3v) is 8.46. The van der Waals surface area contributed by atoms with Gasteiger partial charge in [-0.3, -0.25) is 14.6 Å². The molecule has 6 nitrogen and oxygen atoms in total. The van der Waals surface area contributed by atoms with Gasteiger partial charge < -0.3 is 4.90 Å². The second kappa shape index (κ2) is 11.3. The number of halogens is 6. The number of benzene rings is 1. The number of nitrogens with zero attached hydrogens (tertiary/aromatic N) is 5. The average Bonchev–Trinajstić information content (AvgIpc) is 2.87. The third-order valence-electron chi connectivity index (χ3n) is 8.46. The van der Waals surface area contributed by atoms with Gasteiger partial charge in [0.25, 0.3) is 5.91 Å². The second-order valence-corrected chi connectivity index (χ2v) is 11.2. The van der Waals surface area contributed by atoms with Crippen LogP contribution in [0.3, 0.4) is 0 Å². The van der Waals surface area contributed by atoms with Gasteiger partial charge in [-0.2, -0.15) is 26.3 Å². The van der Waals surface area contributed by atoms with Gasteiger partial charge in [-0.1, -0.05) is 12.1 Å². The first-order valence-electron chi connectivity index (χ1n) is 13.4. The maximum absolute atomic E-state index is 13.6. The minimum Gasteiger partial charge on any atom is -0.338 e. The van der Waals surface area contributed by atoms with Gasteiger partial charge in [-0.15, -0.1) is 0 Å². The summed E-state index contributed by atoms with van der Waals surface area (Å²) >= 11 is 0. The first-order valence-corrected chi connectivity index (χ1v) is 13.4. The number of carbonyl (C=O) groups is 1. The molecule has 2 saturated heterocycles. The van der Waals surface area contributed by atoms with E-state index >= 15 is 0 Å². The van der Waals surface area contributed by atoms with Crippen molar-refractivity contribution in [1.82, 2.24) is 24.7 Å². The van der Waals surface area contributed by atoms with Crippen LogP contribution in [0.15, 0.2) is 30.6 Å². The molecule has 40 heavy (non-hydrogen) atoms. The zero-order valence-electron chi connectivity index (χ0n) is 23.1. The topological polar surface area (TPSA) is 52.6 Å². The van der Waals surface area contributed by atoms with E-state index in [1.807, 2.05) is 11.8 Å². The zero-order chi connectivity index (χ0) is 29.5. The largest absolute Gasteiger partial charge is 0.416 e. The predicted octanol–water partition coefficient (Wildman–Crippen LogP) is 5.81. The highest BCUT2D eigenvalue weighted by Crippen LogP contribution is 2.39. The fourth-order valence-electron chi connectivity index (χ4n) is 6.03. The van der Waals surface area contributed by atoms with E-state index in [1.165, 1.54) is 6.33 Å². The van der Waals surface area contributed by atoms with Crippen molar-refractivity contribution in [2.24, 2.45) is 0 Å². The van der Waals surface area contributed by atoms with Crippen LogP contribution >= 0.6 is 0 Å². The van der Waals surface area contributed by atoms with Gasteiger partial charge in [0.15, 0.2) is 0 Å². The highest BCUT2D eigenvalue weighted by molar-refractivity contribution is 5.96. The molecule has 3 heterocycles. The Kier molecular flexibility index (Phi) is 8.52. The van der Waals surface area contributed by atoms with Gasteiger partial charge in [0.05, 0.1) is 28.9 Å². The molecule has 220 valence electrons. The van der Waals surface area contributed by atoms with E-state index in [4.69, 9.17) is 0 Å². The Bertz CT molecular complexity index is 1170. The molecule has 1 aromatic carbocycles. The number of carbonyl (C=O) groups excluding carboxylic acids is 1. The minimum absolute atomic E-state index is 0.0950. The van der Waals surface area contributed by atoms with Gasteiger partial charge in [0.2, 0.25) is 0 Å². The number of amides is 1. The van der Waals surface area contributed by atoms with E-state index in [1.54, 1.807) is 18.7 Å². The first kappa shape index (κ1) is 30.2. The molecule has 0 N–H and O–H groups in total. The molecule has 0 spiro atoms. The Labute approximate surface area is 230 Å². The molecule has 1 aromatic heterocycles. The van der Waals surface area contributed by atoms with E-state index in [0.717, 1.165) is 24.3 Å². The number of piperidine rings is 1. The lowest BCUT2D eigenvalue weighted by atomic mass is 9.85. The second-order valence-electron chi connectivity index (χ2n) is 11.2. The number of piperazine rings is 1. The van der Waals surface area contributed by atoms with Crippen molar-refractivity contribution in [3.8, 4) is 0 Å². The normalized spacial score (nSPS) is 21.9. The summed E-state index contributed by atoms with van der Waals surface area (Å²) in [7, 11) is 0. The molecular weight excluding hydrogens is 536 g/mol. The predicted molar refractivity (Wildman–Crippen MR) is 138 cm³/mol. The van der Waals surface area contributed by atoms with Crippen molar-refractivity contribution >= 4 is 5.91 Å². The summed E-state index contributed by atoms with van der Waals surface area (Å²) in [6.07, 6.45) is -7.31. The molecule has 2 aromatic rings. The Hall–Kier alpha value is -2.73. The molecule has 0 aliphatic carbocycles. The third kappa shape index (κ3) is 6.59. The highest BCUT2D eigenvalue weighted by atomic mass is 19.4. The molecule has 2 fully saturated rings. The SMILES string of the molecule is Cc1ncnc(C)c1C(=O)N1CCC(C)(N2CCN([C@@H](CC(F)(F)F)c3ccc(C(F)(F)F)cc3)[C@@H](C)C2)CC1. The van der Waals surface area contributed by atoms with Gasteiger partial charge in [-0.25, -0.2) is 9.97 Å². The summed E-state index contributed by atoms with van der Waals surface area (Å²) in [5.74, 6) is -0.0950. The van der Waals surface area contributed by atoms with Crippen molar-refractivity contribution in [3.05, 3.63) is 58.7 Å². The van der Waals surface area contributed by atoms with Gasteiger partial charge in [0.1, 0.15) is 6.33 Å². The van der Waals surface area contributed by atoms with Crippen LogP contribution in [-0.4, -0.2) is 81.1 Å². The standard InChI is InChI=1S/C28H35F6N5O/c1-18-16-38(26(4)9-11-37(12-10-26)25(40)24-19(2)35-17-36-20(24)3)13-14-39(18)23(15-27(29,30)31)21-5-7-22(8-6-21)28(32,33)34/h5-8,17-18,23H,9-16H2,1-4H3/t18-,23-/m0/s1. The molecule has 2 aliphatic heterocycles. The molecular formula is C28H35F6N5O. The zero-order valence-corrected chi connectivity index (χ0v) is 23.1. The quantitative estimate of drug-likeness (QED) is 0.425. The summed E-state index contributed by atoms with van der Waals surface area (Å²) in [5, 5.41) is 0. The Morgan fingerprint density at radius 2 is 1.55 bits per heavy atom. The van der Waals surface area contributed by atoms with Crippen molar-refractivity contribution in [1.29, 1.82) is 0 Å². The van der Waals surface area contributed by atoms with Gasteiger partial charge in [-0.05, 0) is 58.2 Å². The molecule has 2 atom stereocenters. The monoisotopic (exact) mass is 571 g/mol. The molecule has 0 unspecified atom stereocenters. The van der Waals surface area contributed by atoms with Crippen LogP contribution in [0.5, 0.6) is 0 Å². The molecule has 0 radical (unpaired) electrons. The van der Waals surface area contributed by atoms with Crippen molar-refractivity contribution in [2.45, 2.75) is 76.9 Å². The number of hydrogen-bond donors (Lipinski definition) is 0. The Balaban J connectivity index is 1.44. The van der Waals surface area contributed by atoms with Crippen LogP contribution in [0, 0.1) is 13.8 Å². The maximum atomic E-state index is 13.6. The number of aryl methyl sites for hydroxylation is 2. The van der Waals surface area contributed by atoms with Crippen LogP contribution in [0.2, 0.25) is 0 Å². The molecule has 4 rings (SSSR count). The lowest BCUT2D eigenvalue weighted by Gasteiger charge is -2.53. The van der Waals surface area contributed by atoms with Crippen LogP contribution in [0.1, 0.15) is 72.0 Å².